The van der Waals surface area contributed by atoms with Crippen LogP contribution < -0.4 is 19.8 Å². The third-order valence-corrected chi connectivity index (χ3v) is 8.05. The number of rotatable bonds is 12. The fourth-order valence-corrected chi connectivity index (χ4v) is 5.43. The van der Waals surface area contributed by atoms with E-state index in [1.165, 1.54) is 44.3 Å². The number of benzene rings is 3. The summed E-state index contributed by atoms with van der Waals surface area (Å²) in [5, 5.41) is 9.76. The maximum Gasteiger partial charge on any atom is 0.214 e. The molecule has 2 heterocycles. The molecule has 0 saturated heterocycles. The Morgan fingerprint density at radius 1 is 0.545 bits per heavy atom. The highest BCUT2D eigenvalue weighted by Gasteiger charge is 2.15. The predicted octanol–water partition coefficient (Wildman–Crippen LogP) is 5.93. The average molecular weight is 587 g/mol. The van der Waals surface area contributed by atoms with Crippen molar-refractivity contribution in [3.05, 3.63) is 107 Å². The van der Waals surface area contributed by atoms with E-state index in [0.717, 1.165) is 37.6 Å². The standard InChI is InChI=1S/C38H44N6/c1-41(2)25-23-39-35-27-31(43(5)37-13-9-7-11-33(35)37)21-19-29-15-17-30(18-16-29)20-22-32-28-36(40-24-26-42(3)4)34-12-8-10-14-38(34)44(32)6/h7-22,27-28H,23-26H2,1-6H3/p+2/b21-19+,22-20+. The van der Waals surface area contributed by atoms with E-state index in [2.05, 4.69) is 181 Å². The van der Waals surface area contributed by atoms with Gasteiger partial charge in [0.2, 0.25) is 22.4 Å². The van der Waals surface area contributed by atoms with E-state index in [-0.39, 0.29) is 0 Å². The second-order valence-corrected chi connectivity index (χ2v) is 11.9. The first kappa shape index (κ1) is 30.9. The molecular formula is C38H46N6+2. The van der Waals surface area contributed by atoms with Crippen molar-refractivity contribution in [2.45, 2.75) is 0 Å². The highest BCUT2D eigenvalue weighted by atomic mass is 15.1. The van der Waals surface area contributed by atoms with Gasteiger partial charge in [0.15, 0.2) is 0 Å². The molecule has 0 radical (unpaired) electrons. The van der Waals surface area contributed by atoms with E-state index in [1.54, 1.807) is 0 Å². The normalized spacial score (nSPS) is 12.0. The summed E-state index contributed by atoms with van der Waals surface area (Å²) < 4.78 is 4.51. The van der Waals surface area contributed by atoms with Gasteiger partial charge in [0, 0.05) is 62.6 Å². The van der Waals surface area contributed by atoms with Gasteiger partial charge in [-0.25, -0.2) is 0 Å². The molecule has 5 rings (SSSR count). The van der Waals surface area contributed by atoms with Crippen LogP contribution in [-0.4, -0.2) is 64.2 Å². The molecule has 6 nitrogen and oxygen atoms in total. The molecule has 0 unspecified atom stereocenters. The molecule has 6 heteroatoms. The van der Waals surface area contributed by atoms with Gasteiger partial charge in [-0.3, -0.25) is 0 Å². The van der Waals surface area contributed by atoms with E-state index in [9.17, 15) is 0 Å². The zero-order chi connectivity index (χ0) is 31.1. The summed E-state index contributed by atoms with van der Waals surface area (Å²) in [6.07, 6.45) is 8.79. The van der Waals surface area contributed by atoms with Crippen LogP contribution >= 0.6 is 0 Å². The first-order valence-electron chi connectivity index (χ1n) is 15.4. The van der Waals surface area contributed by atoms with Crippen molar-refractivity contribution in [1.82, 2.24) is 9.80 Å². The number of fused-ring (bicyclic) bond motifs is 2. The number of hydrogen-bond donors (Lipinski definition) is 2. The van der Waals surface area contributed by atoms with Crippen LogP contribution in [0, 0.1) is 0 Å². The van der Waals surface area contributed by atoms with E-state index in [0.29, 0.717) is 0 Å². The number of aromatic nitrogens is 2. The lowest BCUT2D eigenvalue weighted by Gasteiger charge is -2.13. The molecule has 0 aliphatic heterocycles. The van der Waals surface area contributed by atoms with Crippen molar-refractivity contribution in [2.75, 3.05) is 65.0 Å². The number of likely N-dealkylation sites (N-methyl/N-ethyl adjacent to an activating group) is 2. The molecule has 5 aromatic rings. The molecule has 44 heavy (non-hydrogen) atoms. The molecule has 0 atom stereocenters. The highest BCUT2D eigenvalue weighted by molar-refractivity contribution is 5.91. The number of nitrogens with one attached hydrogen (secondary N) is 2. The summed E-state index contributed by atoms with van der Waals surface area (Å²) in [4.78, 5) is 4.39. The highest BCUT2D eigenvalue weighted by Crippen LogP contribution is 2.24. The zero-order valence-electron chi connectivity index (χ0n) is 27.0. The van der Waals surface area contributed by atoms with Crippen LogP contribution in [0.3, 0.4) is 0 Å². The molecule has 2 aromatic heterocycles. The smallest absolute Gasteiger partial charge is 0.214 e. The van der Waals surface area contributed by atoms with Crippen LogP contribution in [-0.2, 0) is 14.1 Å². The molecular weight excluding hydrogens is 540 g/mol. The Kier molecular flexibility index (Phi) is 10.1. The van der Waals surface area contributed by atoms with E-state index < -0.39 is 0 Å². The van der Waals surface area contributed by atoms with Gasteiger partial charge in [0.05, 0.1) is 22.1 Å². The first-order chi connectivity index (χ1) is 21.3. The maximum absolute atomic E-state index is 3.65. The molecule has 0 spiro atoms. The summed E-state index contributed by atoms with van der Waals surface area (Å²) in [5.74, 6) is 0. The first-order valence-corrected chi connectivity index (χ1v) is 15.4. The van der Waals surface area contributed by atoms with Gasteiger partial charge < -0.3 is 20.4 Å². The van der Waals surface area contributed by atoms with Gasteiger partial charge in [-0.15, -0.1) is 0 Å². The maximum atomic E-state index is 3.65. The molecule has 0 aliphatic carbocycles. The number of para-hydroxylation sites is 2. The number of aryl methyl sites for hydroxylation is 2. The zero-order valence-corrected chi connectivity index (χ0v) is 27.0. The lowest BCUT2D eigenvalue weighted by atomic mass is 10.1. The minimum atomic E-state index is 0.897. The van der Waals surface area contributed by atoms with E-state index in [4.69, 9.17) is 0 Å². The van der Waals surface area contributed by atoms with Crippen LogP contribution in [0.15, 0.2) is 84.9 Å². The Bertz CT molecular complexity index is 1650. The van der Waals surface area contributed by atoms with E-state index in [1.807, 2.05) is 0 Å². The van der Waals surface area contributed by atoms with Crippen molar-refractivity contribution in [3.8, 4) is 0 Å². The number of pyridine rings is 2. The SMILES string of the molecule is CN(C)CCNc1cc(/C=C/c2ccc(/C=C/c3cc(NCCN(C)C)c4ccccc4[n+]3C)cc2)[n+](C)c2ccccc12. The van der Waals surface area contributed by atoms with Gasteiger partial charge in [-0.05, 0) is 63.6 Å². The van der Waals surface area contributed by atoms with Crippen molar-refractivity contribution < 1.29 is 9.13 Å². The van der Waals surface area contributed by atoms with Gasteiger partial charge in [0.25, 0.3) is 0 Å². The third-order valence-electron chi connectivity index (χ3n) is 8.05. The Labute approximate surface area is 262 Å². The van der Waals surface area contributed by atoms with Crippen LogP contribution in [0.5, 0.6) is 0 Å². The van der Waals surface area contributed by atoms with Gasteiger partial charge in [-0.2, -0.15) is 9.13 Å². The molecule has 0 saturated carbocycles. The Morgan fingerprint density at radius 3 is 1.32 bits per heavy atom. The summed E-state index contributed by atoms with van der Waals surface area (Å²) in [7, 11) is 12.7. The molecule has 226 valence electrons. The quantitative estimate of drug-likeness (QED) is 0.178. The van der Waals surface area contributed by atoms with Gasteiger partial charge >= 0.3 is 0 Å². The molecule has 3 aromatic carbocycles. The topological polar surface area (TPSA) is 38.3 Å². The largest absolute Gasteiger partial charge is 0.383 e. The molecule has 0 amide bonds. The summed E-state index contributed by atoms with van der Waals surface area (Å²) in [6, 6.07) is 30.4. The van der Waals surface area contributed by atoms with Crippen molar-refractivity contribution in [3.63, 3.8) is 0 Å². The summed E-state index contributed by atoms with van der Waals surface area (Å²) in [6.45, 7) is 3.76. The fourth-order valence-electron chi connectivity index (χ4n) is 5.43. The van der Waals surface area contributed by atoms with E-state index >= 15 is 0 Å². The minimum absolute atomic E-state index is 0.897. The van der Waals surface area contributed by atoms with Crippen LogP contribution in [0.2, 0.25) is 0 Å². The Hall–Kier alpha value is -4.52. The second-order valence-electron chi connectivity index (χ2n) is 11.9. The number of hydrogen-bond acceptors (Lipinski definition) is 4. The van der Waals surface area contributed by atoms with Crippen LogP contribution in [0.25, 0.3) is 46.1 Å². The fraction of sp³-hybridized carbons (Fsp3) is 0.263. The third kappa shape index (κ3) is 7.51. The Balaban J connectivity index is 1.35. The van der Waals surface area contributed by atoms with Crippen molar-refractivity contribution in [1.29, 1.82) is 0 Å². The van der Waals surface area contributed by atoms with Gasteiger partial charge in [-0.1, -0.05) is 48.5 Å². The predicted molar refractivity (Wildman–Crippen MR) is 189 cm³/mol. The van der Waals surface area contributed by atoms with Gasteiger partial charge in [0.1, 0.15) is 14.1 Å². The Morgan fingerprint density at radius 2 is 0.932 bits per heavy atom. The average Bonchev–Trinajstić information content (AvgIpc) is 3.02. The lowest BCUT2D eigenvalue weighted by Crippen LogP contribution is -2.33. The lowest BCUT2D eigenvalue weighted by molar-refractivity contribution is -0.646. The van der Waals surface area contributed by atoms with Crippen molar-refractivity contribution >= 4 is 57.5 Å². The summed E-state index contributed by atoms with van der Waals surface area (Å²) >= 11 is 0. The summed E-state index contributed by atoms with van der Waals surface area (Å²) in [5.41, 5.74) is 9.39. The molecule has 2 N–H and O–H groups in total. The monoisotopic (exact) mass is 586 g/mol. The minimum Gasteiger partial charge on any atom is -0.383 e. The second kappa shape index (κ2) is 14.3. The van der Waals surface area contributed by atoms with Crippen LogP contribution in [0.4, 0.5) is 11.4 Å². The molecule has 0 aliphatic rings. The number of nitrogens with zero attached hydrogens (tertiary/aromatic N) is 4. The van der Waals surface area contributed by atoms with Crippen molar-refractivity contribution in [2.24, 2.45) is 14.1 Å². The molecule has 0 bridgehead atoms. The number of anilines is 2. The van der Waals surface area contributed by atoms with Crippen LogP contribution in [0.1, 0.15) is 22.5 Å². The molecule has 0 fully saturated rings.